The van der Waals surface area contributed by atoms with E-state index in [1.54, 1.807) is 18.5 Å². The number of anilines is 1. The Morgan fingerprint density at radius 3 is 2.56 bits per heavy atom. The minimum Gasteiger partial charge on any atom is -0.338 e. The van der Waals surface area contributed by atoms with Crippen LogP contribution in [0.4, 0.5) is 10.3 Å². The molecule has 4 rings (SSSR count). The predicted molar refractivity (Wildman–Crippen MR) is 93.5 cm³/mol. The summed E-state index contributed by atoms with van der Waals surface area (Å²) in [6, 6.07) is 10.3. The average Bonchev–Trinajstić information content (AvgIpc) is 3.12. The van der Waals surface area contributed by atoms with Crippen LogP contribution in [0.2, 0.25) is 0 Å². The molecule has 0 amide bonds. The van der Waals surface area contributed by atoms with Gasteiger partial charge in [-0.2, -0.15) is 5.10 Å². The molecule has 1 fully saturated rings. The van der Waals surface area contributed by atoms with Gasteiger partial charge in [-0.1, -0.05) is 12.1 Å². The van der Waals surface area contributed by atoms with Gasteiger partial charge in [-0.25, -0.2) is 14.4 Å². The Labute approximate surface area is 145 Å². The molecule has 6 nitrogen and oxygen atoms in total. The lowest BCUT2D eigenvalue weighted by Gasteiger charge is -2.34. The number of halogens is 1. The normalized spacial score (nSPS) is 15.5. The van der Waals surface area contributed by atoms with E-state index in [1.807, 2.05) is 18.2 Å². The van der Waals surface area contributed by atoms with Crippen LogP contribution >= 0.6 is 0 Å². The largest absolute Gasteiger partial charge is 0.338 e. The van der Waals surface area contributed by atoms with Gasteiger partial charge in [-0.05, 0) is 24.3 Å². The van der Waals surface area contributed by atoms with Gasteiger partial charge in [0.1, 0.15) is 5.82 Å². The molecule has 0 atom stereocenters. The summed E-state index contributed by atoms with van der Waals surface area (Å²) in [6.07, 6.45) is 3.54. The van der Waals surface area contributed by atoms with E-state index in [2.05, 4.69) is 30.0 Å². The van der Waals surface area contributed by atoms with Gasteiger partial charge in [0, 0.05) is 56.4 Å². The SMILES string of the molecule is Fc1cccc(-c2cc(CN3CCN(c4ncccn4)CC3)[nH]n2)c1. The first-order valence-electron chi connectivity index (χ1n) is 8.32. The maximum atomic E-state index is 13.3. The Balaban J connectivity index is 1.36. The first-order valence-corrected chi connectivity index (χ1v) is 8.32. The van der Waals surface area contributed by atoms with Gasteiger partial charge in [0.05, 0.1) is 5.69 Å². The molecule has 1 saturated heterocycles. The summed E-state index contributed by atoms with van der Waals surface area (Å²) in [7, 11) is 0. The molecular weight excluding hydrogens is 319 g/mol. The van der Waals surface area contributed by atoms with Gasteiger partial charge in [-0.15, -0.1) is 0 Å². The quantitative estimate of drug-likeness (QED) is 0.791. The average molecular weight is 338 g/mol. The molecule has 0 bridgehead atoms. The van der Waals surface area contributed by atoms with Crippen molar-refractivity contribution in [2.45, 2.75) is 6.54 Å². The number of nitrogens with zero attached hydrogens (tertiary/aromatic N) is 5. The zero-order valence-electron chi connectivity index (χ0n) is 13.8. The van der Waals surface area contributed by atoms with Gasteiger partial charge in [0.15, 0.2) is 0 Å². The molecule has 3 heterocycles. The summed E-state index contributed by atoms with van der Waals surface area (Å²) in [5, 5.41) is 7.37. The highest BCUT2D eigenvalue weighted by Crippen LogP contribution is 2.19. The van der Waals surface area contributed by atoms with Crippen LogP contribution in [0.15, 0.2) is 48.8 Å². The van der Waals surface area contributed by atoms with E-state index in [0.29, 0.717) is 0 Å². The molecule has 0 radical (unpaired) electrons. The van der Waals surface area contributed by atoms with E-state index in [9.17, 15) is 4.39 Å². The van der Waals surface area contributed by atoms with Crippen LogP contribution in [0.1, 0.15) is 5.69 Å². The second-order valence-corrected chi connectivity index (χ2v) is 6.10. The highest BCUT2D eigenvalue weighted by atomic mass is 19.1. The van der Waals surface area contributed by atoms with Crippen molar-refractivity contribution in [3.8, 4) is 11.3 Å². The second kappa shape index (κ2) is 6.98. The molecule has 1 aromatic carbocycles. The predicted octanol–water partition coefficient (Wildman–Crippen LogP) is 2.33. The molecule has 0 saturated carbocycles. The number of nitrogens with one attached hydrogen (secondary N) is 1. The van der Waals surface area contributed by atoms with Crippen molar-refractivity contribution in [1.82, 2.24) is 25.1 Å². The molecular formula is C18H19FN6. The van der Waals surface area contributed by atoms with Crippen molar-refractivity contribution in [1.29, 1.82) is 0 Å². The summed E-state index contributed by atoms with van der Waals surface area (Å²) in [5.41, 5.74) is 2.59. The lowest BCUT2D eigenvalue weighted by Crippen LogP contribution is -2.46. The van der Waals surface area contributed by atoms with Crippen molar-refractivity contribution < 1.29 is 4.39 Å². The maximum Gasteiger partial charge on any atom is 0.225 e. The van der Waals surface area contributed by atoms with Crippen LogP contribution in [0.3, 0.4) is 0 Å². The monoisotopic (exact) mass is 338 g/mol. The Morgan fingerprint density at radius 2 is 1.80 bits per heavy atom. The van der Waals surface area contributed by atoms with Gasteiger partial charge in [0.2, 0.25) is 5.95 Å². The molecule has 1 N–H and O–H groups in total. The van der Waals surface area contributed by atoms with Crippen LogP contribution in [-0.4, -0.2) is 51.2 Å². The third kappa shape index (κ3) is 3.66. The number of aromatic nitrogens is 4. The molecule has 3 aromatic rings. The minimum atomic E-state index is -0.249. The molecule has 1 aliphatic rings. The topological polar surface area (TPSA) is 60.9 Å². The molecule has 7 heteroatoms. The number of aromatic amines is 1. The van der Waals surface area contributed by atoms with Crippen LogP contribution in [0.5, 0.6) is 0 Å². The maximum absolute atomic E-state index is 13.3. The molecule has 0 spiro atoms. The van der Waals surface area contributed by atoms with E-state index in [-0.39, 0.29) is 5.82 Å². The molecule has 0 unspecified atom stereocenters. The van der Waals surface area contributed by atoms with Crippen molar-refractivity contribution >= 4 is 5.95 Å². The van der Waals surface area contributed by atoms with Crippen molar-refractivity contribution in [2.75, 3.05) is 31.1 Å². The molecule has 2 aromatic heterocycles. The van der Waals surface area contributed by atoms with E-state index in [0.717, 1.165) is 55.6 Å². The fraction of sp³-hybridized carbons (Fsp3) is 0.278. The zero-order chi connectivity index (χ0) is 17.1. The van der Waals surface area contributed by atoms with Crippen molar-refractivity contribution in [2.24, 2.45) is 0 Å². The molecule has 0 aliphatic carbocycles. The van der Waals surface area contributed by atoms with Crippen LogP contribution in [0, 0.1) is 5.82 Å². The van der Waals surface area contributed by atoms with Gasteiger partial charge in [-0.3, -0.25) is 10.00 Å². The standard InChI is InChI=1S/C18H19FN6/c19-15-4-1-3-14(11-15)17-12-16(22-23-17)13-24-7-9-25(10-8-24)18-20-5-2-6-21-18/h1-6,11-12H,7-10,13H2,(H,22,23). The highest BCUT2D eigenvalue weighted by Gasteiger charge is 2.19. The number of benzene rings is 1. The van der Waals surface area contributed by atoms with Crippen LogP contribution in [-0.2, 0) is 6.54 Å². The second-order valence-electron chi connectivity index (χ2n) is 6.10. The highest BCUT2D eigenvalue weighted by molar-refractivity contribution is 5.59. The Morgan fingerprint density at radius 1 is 1.00 bits per heavy atom. The number of hydrogen-bond acceptors (Lipinski definition) is 5. The summed E-state index contributed by atoms with van der Waals surface area (Å²) in [5.74, 6) is 0.540. The van der Waals surface area contributed by atoms with E-state index in [1.165, 1.54) is 12.1 Å². The summed E-state index contributed by atoms with van der Waals surface area (Å²) in [4.78, 5) is 13.2. The fourth-order valence-corrected chi connectivity index (χ4v) is 3.04. The Bertz CT molecular complexity index is 826. The van der Waals surface area contributed by atoms with Crippen molar-refractivity contribution in [3.63, 3.8) is 0 Å². The summed E-state index contributed by atoms with van der Waals surface area (Å²) in [6.45, 7) is 4.47. The number of piperazine rings is 1. The van der Waals surface area contributed by atoms with Crippen molar-refractivity contribution in [3.05, 3.63) is 60.3 Å². The first kappa shape index (κ1) is 15.7. The van der Waals surface area contributed by atoms with Gasteiger partial charge in [0.25, 0.3) is 0 Å². The zero-order valence-corrected chi connectivity index (χ0v) is 13.8. The van der Waals surface area contributed by atoms with Crippen LogP contribution < -0.4 is 4.90 Å². The van der Waals surface area contributed by atoms with Gasteiger partial charge < -0.3 is 4.90 Å². The third-order valence-corrected chi connectivity index (χ3v) is 4.35. The summed E-state index contributed by atoms with van der Waals surface area (Å²) < 4.78 is 13.3. The smallest absolute Gasteiger partial charge is 0.225 e. The van der Waals surface area contributed by atoms with Gasteiger partial charge >= 0.3 is 0 Å². The lowest BCUT2D eigenvalue weighted by atomic mass is 10.1. The minimum absolute atomic E-state index is 0.249. The Kier molecular flexibility index (Phi) is 4.39. The molecule has 25 heavy (non-hydrogen) atoms. The Hall–Kier alpha value is -2.80. The van der Waals surface area contributed by atoms with E-state index in [4.69, 9.17) is 0 Å². The number of rotatable bonds is 4. The third-order valence-electron chi connectivity index (χ3n) is 4.35. The van der Waals surface area contributed by atoms with E-state index < -0.39 is 0 Å². The lowest BCUT2D eigenvalue weighted by molar-refractivity contribution is 0.246. The fourth-order valence-electron chi connectivity index (χ4n) is 3.04. The molecule has 1 aliphatic heterocycles. The number of hydrogen-bond donors (Lipinski definition) is 1. The first-order chi connectivity index (χ1) is 12.3. The number of H-pyrrole nitrogens is 1. The molecule has 128 valence electrons. The van der Waals surface area contributed by atoms with E-state index >= 15 is 0 Å². The van der Waals surface area contributed by atoms with Crippen LogP contribution in [0.25, 0.3) is 11.3 Å². The summed E-state index contributed by atoms with van der Waals surface area (Å²) >= 11 is 0.